The van der Waals surface area contributed by atoms with Gasteiger partial charge in [-0.05, 0) is 37.1 Å². The number of benzene rings is 1. The number of thiazole rings is 1. The number of quaternary nitrogens is 1. The molecule has 2 aromatic heterocycles. The van der Waals surface area contributed by atoms with E-state index in [1.165, 1.54) is 12.8 Å². The van der Waals surface area contributed by atoms with E-state index in [0.29, 0.717) is 48.9 Å². The Morgan fingerprint density at radius 1 is 1.14 bits per heavy atom. The van der Waals surface area contributed by atoms with E-state index in [-0.39, 0.29) is 16.6 Å². The highest BCUT2D eigenvalue weighted by Crippen LogP contribution is 2.40. The summed E-state index contributed by atoms with van der Waals surface area (Å²) in [5, 5.41) is 18.4. The molecule has 0 radical (unpaired) electrons. The molecule has 0 bridgehead atoms. The Morgan fingerprint density at radius 3 is 2.78 bits per heavy atom. The number of rotatable bonds is 9. The molecule has 1 aromatic carbocycles. The van der Waals surface area contributed by atoms with Gasteiger partial charge in [0.2, 0.25) is 5.91 Å². The molecule has 4 heterocycles. The maximum Gasteiger partial charge on any atom is 0.220 e. The number of amides is 1. The molecule has 192 valence electrons. The molecule has 0 aliphatic carbocycles. The number of nitrogens with one attached hydrogen (secondary N) is 1. The zero-order chi connectivity index (χ0) is 25.1. The molecular formula is C26H31Cl2N5O2S. The maximum atomic E-state index is 13.5. The average molecular weight is 549 g/mol. The average Bonchev–Trinajstić information content (AvgIpc) is 3.62. The van der Waals surface area contributed by atoms with Crippen molar-refractivity contribution in [1.29, 1.82) is 0 Å². The highest BCUT2D eigenvalue weighted by atomic mass is 35.5. The summed E-state index contributed by atoms with van der Waals surface area (Å²) in [6, 6.07) is 9.51. The maximum absolute atomic E-state index is 13.5. The number of carbonyl (C=O) groups is 1. The normalized spacial score (nSPS) is 22.0. The standard InChI is InChI=1S/C26H31Cl2N5O2S/c27-19-7-6-18(17-20(19)28)21-5-3-15-33(21,35)16-4-12-29-24(34)10-11-25-31-26-22(36-25)8-9-23(30-26)32-13-1-2-14-32/h6-9,17,21H,1-5,10-16H2,(H,29,34). The largest absolute Gasteiger partial charge is 0.632 e. The quantitative estimate of drug-likeness (QED) is 0.205. The highest BCUT2D eigenvalue weighted by molar-refractivity contribution is 7.18. The third kappa shape index (κ3) is 5.78. The van der Waals surface area contributed by atoms with Crippen molar-refractivity contribution >= 4 is 56.6 Å². The topological polar surface area (TPSA) is 81.2 Å². The number of hydrogen-bond donors (Lipinski definition) is 1. The van der Waals surface area contributed by atoms with Crippen LogP contribution in [-0.2, 0) is 11.2 Å². The molecule has 1 amide bonds. The SMILES string of the molecule is O=C(CCc1nc2nc(N3CCCC3)ccc2s1)NCCC[N+]1([O-])CCCC1c1ccc(Cl)c(Cl)c1. The second-order valence-corrected chi connectivity index (χ2v) is 11.7. The Hall–Kier alpha value is -1.97. The number of carbonyl (C=O) groups excluding carboxylic acids is 1. The lowest BCUT2D eigenvalue weighted by atomic mass is 10.0. The van der Waals surface area contributed by atoms with Gasteiger partial charge in [0, 0.05) is 57.3 Å². The highest BCUT2D eigenvalue weighted by Gasteiger charge is 2.35. The Morgan fingerprint density at radius 2 is 1.97 bits per heavy atom. The first kappa shape index (κ1) is 25.7. The molecule has 2 atom stereocenters. The van der Waals surface area contributed by atoms with Crippen LogP contribution in [0.3, 0.4) is 0 Å². The van der Waals surface area contributed by atoms with E-state index >= 15 is 0 Å². The van der Waals surface area contributed by atoms with E-state index in [1.54, 1.807) is 17.4 Å². The number of fused-ring (bicyclic) bond motifs is 1. The summed E-state index contributed by atoms with van der Waals surface area (Å²) in [6.45, 7) is 3.66. The summed E-state index contributed by atoms with van der Waals surface area (Å²) < 4.78 is 0.784. The lowest BCUT2D eigenvalue weighted by Gasteiger charge is -2.44. The van der Waals surface area contributed by atoms with E-state index in [1.807, 2.05) is 12.1 Å². The molecule has 7 nitrogen and oxygen atoms in total. The number of aromatic nitrogens is 2. The Bertz CT molecular complexity index is 1230. The van der Waals surface area contributed by atoms with Crippen molar-refractivity contribution in [2.75, 3.05) is 37.6 Å². The molecule has 2 fully saturated rings. The zero-order valence-electron chi connectivity index (χ0n) is 20.2. The zero-order valence-corrected chi connectivity index (χ0v) is 22.5. The predicted molar refractivity (Wildman–Crippen MR) is 147 cm³/mol. The molecule has 5 rings (SSSR count). The first-order valence-electron chi connectivity index (χ1n) is 12.7. The van der Waals surface area contributed by atoms with Gasteiger partial charge in [-0.25, -0.2) is 9.97 Å². The molecule has 3 aromatic rings. The van der Waals surface area contributed by atoms with Crippen molar-refractivity contribution in [2.45, 2.75) is 51.0 Å². The van der Waals surface area contributed by atoms with Gasteiger partial charge >= 0.3 is 0 Å². The molecule has 0 spiro atoms. The van der Waals surface area contributed by atoms with Crippen molar-refractivity contribution in [3.63, 3.8) is 0 Å². The van der Waals surface area contributed by atoms with Crippen LogP contribution in [0.5, 0.6) is 0 Å². The van der Waals surface area contributed by atoms with E-state index in [2.05, 4.69) is 27.3 Å². The lowest BCUT2D eigenvalue weighted by Crippen LogP contribution is -2.43. The first-order chi connectivity index (χ1) is 17.4. The van der Waals surface area contributed by atoms with Gasteiger partial charge in [-0.2, -0.15) is 0 Å². The van der Waals surface area contributed by atoms with Crippen molar-refractivity contribution in [3.8, 4) is 0 Å². The minimum Gasteiger partial charge on any atom is -0.632 e. The van der Waals surface area contributed by atoms with Crippen LogP contribution in [0.4, 0.5) is 5.82 Å². The van der Waals surface area contributed by atoms with E-state index in [9.17, 15) is 10.0 Å². The van der Waals surface area contributed by atoms with Gasteiger partial charge < -0.3 is 20.1 Å². The summed E-state index contributed by atoms with van der Waals surface area (Å²) in [7, 11) is 0. The van der Waals surface area contributed by atoms with Gasteiger partial charge in [0.05, 0.1) is 32.8 Å². The molecule has 2 saturated heterocycles. The van der Waals surface area contributed by atoms with Gasteiger partial charge in [-0.15, -0.1) is 11.3 Å². The molecule has 2 aliphatic heterocycles. The third-order valence-corrected chi connectivity index (χ3v) is 9.03. The van der Waals surface area contributed by atoms with Crippen LogP contribution >= 0.6 is 34.5 Å². The Labute approximate surface area is 225 Å². The predicted octanol–water partition coefficient (Wildman–Crippen LogP) is 5.89. The Balaban J connectivity index is 1.08. The van der Waals surface area contributed by atoms with Gasteiger partial charge in [0.1, 0.15) is 11.9 Å². The summed E-state index contributed by atoms with van der Waals surface area (Å²) in [5.74, 6) is 0.979. The van der Waals surface area contributed by atoms with Crippen LogP contribution < -0.4 is 10.2 Å². The molecule has 36 heavy (non-hydrogen) atoms. The Kier molecular flexibility index (Phi) is 7.98. The smallest absolute Gasteiger partial charge is 0.220 e. The van der Waals surface area contributed by atoms with Crippen LogP contribution in [0.25, 0.3) is 10.3 Å². The van der Waals surface area contributed by atoms with Crippen molar-refractivity contribution in [1.82, 2.24) is 15.3 Å². The van der Waals surface area contributed by atoms with Crippen molar-refractivity contribution < 1.29 is 9.44 Å². The summed E-state index contributed by atoms with van der Waals surface area (Å²) in [6.07, 6.45) is 5.75. The van der Waals surface area contributed by atoms with Crippen molar-refractivity contribution in [3.05, 3.63) is 56.2 Å². The minimum absolute atomic E-state index is 0.0140. The minimum atomic E-state index is -0.272. The number of hydroxylamine groups is 3. The fourth-order valence-electron chi connectivity index (χ4n) is 5.33. The van der Waals surface area contributed by atoms with Crippen LogP contribution in [0, 0.1) is 5.21 Å². The number of pyridine rings is 1. The van der Waals surface area contributed by atoms with E-state index in [4.69, 9.17) is 28.2 Å². The van der Waals surface area contributed by atoms with E-state index < -0.39 is 0 Å². The van der Waals surface area contributed by atoms with Crippen LogP contribution in [0.2, 0.25) is 10.0 Å². The fourth-order valence-corrected chi connectivity index (χ4v) is 6.55. The molecule has 2 aliphatic rings. The second-order valence-electron chi connectivity index (χ2n) is 9.73. The van der Waals surface area contributed by atoms with Crippen LogP contribution in [-0.4, -0.2) is 53.2 Å². The number of halogens is 2. The number of aryl methyl sites for hydroxylation is 1. The molecular weight excluding hydrogens is 517 g/mol. The van der Waals surface area contributed by atoms with Gasteiger partial charge in [0.25, 0.3) is 0 Å². The van der Waals surface area contributed by atoms with Crippen LogP contribution in [0.1, 0.15) is 55.1 Å². The summed E-state index contributed by atoms with van der Waals surface area (Å²) >= 11 is 13.8. The third-order valence-electron chi connectivity index (χ3n) is 7.23. The van der Waals surface area contributed by atoms with Gasteiger partial charge in [-0.3, -0.25) is 4.79 Å². The number of nitrogens with zero attached hydrogens (tertiary/aromatic N) is 4. The van der Waals surface area contributed by atoms with Crippen molar-refractivity contribution in [2.24, 2.45) is 0 Å². The van der Waals surface area contributed by atoms with Gasteiger partial charge in [0.15, 0.2) is 5.65 Å². The molecule has 0 saturated carbocycles. The monoisotopic (exact) mass is 547 g/mol. The lowest BCUT2D eigenvalue weighted by molar-refractivity contribution is -0.898. The summed E-state index contributed by atoms with van der Waals surface area (Å²) in [5.41, 5.74) is 1.71. The number of anilines is 1. The van der Waals surface area contributed by atoms with E-state index in [0.717, 1.165) is 52.7 Å². The molecule has 2 unspecified atom stereocenters. The second kappa shape index (κ2) is 11.2. The first-order valence-corrected chi connectivity index (χ1v) is 14.3. The fraction of sp³-hybridized carbons (Fsp3) is 0.500. The number of likely N-dealkylation sites (tertiary alicyclic amines) is 1. The number of hydrogen-bond acceptors (Lipinski definition) is 6. The molecule has 1 N–H and O–H groups in total. The summed E-state index contributed by atoms with van der Waals surface area (Å²) in [4.78, 5) is 24.1. The van der Waals surface area contributed by atoms with Gasteiger partial charge in [-0.1, -0.05) is 29.3 Å². The molecule has 10 heteroatoms. The van der Waals surface area contributed by atoms with Crippen LogP contribution in [0.15, 0.2) is 30.3 Å².